The standard InChI is InChI=1S/C10H10ClNO/c1-6-5-9(11)12-10-7(6)3-2-4-8(10)13/h5H,2-4H2,1H3. The predicted octanol–water partition coefficient (Wildman–Crippen LogP) is 2.56. The van der Waals surface area contributed by atoms with Gasteiger partial charge in [-0.05, 0) is 37.0 Å². The third kappa shape index (κ3) is 1.46. The number of halogens is 1. The molecule has 0 saturated carbocycles. The van der Waals surface area contributed by atoms with Crippen LogP contribution in [0, 0.1) is 6.92 Å². The van der Waals surface area contributed by atoms with Crippen molar-refractivity contribution in [1.82, 2.24) is 4.98 Å². The fourth-order valence-electron chi connectivity index (χ4n) is 1.75. The lowest BCUT2D eigenvalue weighted by Crippen LogP contribution is -2.14. The van der Waals surface area contributed by atoms with E-state index in [0.717, 1.165) is 24.0 Å². The Morgan fingerprint density at radius 3 is 3.00 bits per heavy atom. The fourth-order valence-corrected chi connectivity index (χ4v) is 2.00. The number of hydrogen-bond donors (Lipinski definition) is 0. The highest BCUT2D eigenvalue weighted by molar-refractivity contribution is 6.29. The minimum Gasteiger partial charge on any atom is -0.292 e. The molecule has 0 spiro atoms. The molecule has 1 aliphatic rings. The van der Waals surface area contributed by atoms with Gasteiger partial charge in [-0.1, -0.05) is 11.6 Å². The van der Waals surface area contributed by atoms with Crippen molar-refractivity contribution >= 4 is 17.4 Å². The highest BCUT2D eigenvalue weighted by Crippen LogP contribution is 2.24. The maximum absolute atomic E-state index is 11.5. The summed E-state index contributed by atoms with van der Waals surface area (Å²) < 4.78 is 0. The Morgan fingerprint density at radius 1 is 1.46 bits per heavy atom. The summed E-state index contributed by atoms with van der Waals surface area (Å²) in [5.74, 6) is 0.131. The zero-order chi connectivity index (χ0) is 9.42. The highest BCUT2D eigenvalue weighted by atomic mass is 35.5. The van der Waals surface area contributed by atoms with Gasteiger partial charge in [-0.25, -0.2) is 4.98 Å². The molecule has 0 N–H and O–H groups in total. The van der Waals surface area contributed by atoms with Crippen LogP contribution in [0.5, 0.6) is 0 Å². The molecule has 13 heavy (non-hydrogen) atoms. The zero-order valence-corrected chi connectivity index (χ0v) is 8.19. The van der Waals surface area contributed by atoms with Crippen molar-refractivity contribution in [3.8, 4) is 0 Å². The number of fused-ring (bicyclic) bond motifs is 1. The summed E-state index contributed by atoms with van der Waals surface area (Å²) in [6.45, 7) is 1.98. The van der Waals surface area contributed by atoms with Crippen LogP contribution in [0.1, 0.15) is 34.5 Å². The lowest BCUT2D eigenvalue weighted by molar-refractivity contribution is 0.0967. The third-order valence-corrected chi connectivity index (χ3v) is 2.60. The SMILES string of the molecule is Cc1cc(Cl)nc2c1CCCC2=O. The van der Waals surface area contributed by atoms with Crippen molar-refractivity contribution in [2.45, 2.75) is 26.2 Å². The lowest BCUT2D eigenvalue weighted by atomic mass is 9.92. The van der Waals surface area contributed by atoms with E-state index in [2.05, 4.69) is 4.98 Å². The number of nitrogens with zero attached hydrogens (tertiary/aromatic N) is 1. The predicted molar refractivity (Wildman–Crippen MR) is 51.3 cm³/mol. The molecule has 3 heteroatoms. The van der Waals surface area contributed by atoms with E-state index in [1.165, 1.54) is 0 Å². The number of ketones is 1. The fraction of sp³-hybridized carbons (Fsp3) is 0.400. The zero-order valence-electron chi connectivity index (χ0n) is 7.43. The summed E-state index contributed by atoms with van der Waals surface area (Å²) >= 11 is 5.78. The topological polar surface area (TPSA) is 30.0 Å². The second-order valence-electron chi connectivity index (χ2n) is 3.37. The minimum absolute atomic E-state index is 0.131. The van der Waals surface area contributed by atoms with Gasteiger partial charge in [-0.3, -0.25) is 4.79 Å². The van der Waals surface area contributed by atoms with Crippen LogP contribution in [0.4, 0.5) is 0 Å². The molecule has 0 radical (unpaired) electrons. The quantitative estimate of drug-likeness (QED) is 0.596. The lowest BCUT2D eigenvalue weighted by Gasteiger charge is -2.15. The molecule has 2 nitrogen and oxygen atoms in total. The Balaban J connectivity index is 2.63. The Kier molecular flexibility index (Phi) is 2.08. The van der Waals surface area contributed by atoms with E-state index in [4.69, 9.17) is 11.6 Å². The first kappa shape index (κ1) is 8.70. The van der Waals surface area contributed by atoms with E-state index in [1.54, 1.807) is 0 Å². The molecule has 0 fully saturated rings. The Morgan fingerprint density at radius 2 is 2.23 bits per heavy atom. The van der Waals surface area contributed by atoms with Crippen molar-refractivity contribution in [1.29, 1.82) is 0 Å². The Labute approximate surface area is 81.9 Å². The summed E-state index contributed by atoms with van der Waals surface area (Å²) in [5.41, 5.74) is 2.76. The number of aryl methyl sites for hydroxylation is 1. The summed E-state index contributed by atoms with van der Waals surface area (Å²) in [6.07, 6.45) is 2.51. The monoisotopic (exact) mass is 195 g/mol. The van der Waals surface area contributed by atoms with Gasteiger partial charge in [-0.15, -0.1) is 0 Å². The average molecular weight is 196 g/mol. The first-order chi connectivity index (χ1) is 6.18. The van der Waals surface area contributed by atoms with Crippen LogP contribution in [0.2, 0.25) is 5.15 Å². The first-order valence-electron chi connectivity index (χ1n) is 4.37. The molecule has 0 unspecified atom stereocenters. The van der Waals surface area contributed by atoms with Crippen LogP contribution < -0.4 is 0 Å². The molecule has 1 aromatic rings. The Bertz CT molecular complexity index is 373. The molecule has 1 aromatic heterocycles. The smallest absolute Gasteiger partial charge is 0.181 e. The average Bonchev–Trinajstić information content (AvgIpc) is 2.07. The molecular weight excluding hydrogens is 186 g/mol. The normalized spacial score (nSPS) is 15.7. The van der Waals surface area contributed by atoms with Gasteiger partial charge >= 0.3 is 0 Å². The molecular formula is C10H10ClNO. The molecule has 0 aromatic carbocycles. The molecule has 0 atom stereocenters. The van der Waals surface area contributed by atoms with E-state index in [0.29, 0.717) is 17.3 Å². The number of Topliss-reactive ketones (excluding diaryl/α,β-unsaturated/α-hetero) is 1. The van der Waals surface area contributed by atoms with E-state index in [9.17, 15) is 4.79 Å². The summed E-state index contributed by atoms with van der Waals surface area (Å²) in [7, 11) is 0. The number of rotatable bonds is 0. The van der Waals surface area contributed by atoms with Gasteiger partial charge < -0.3 is 0 Å². The molecule has 0 saturated heterocycles. The second kappa shape index (κ2) is 3.11. The minimum atomic E-state index is 0.131. The van der Waals surface area contributed by atoms with E-state index < -0.39 is 0 Å². The van der Waals surface area contributed by atoms with Crippen LogP contribution in [0.15, 0.2) is 6.07 Å². The van der Waals surface area contributed by atoms with Gasteiger partial charge in [0.25, 0.3) is 0 Å². The second-order valence-corrected chi connectivity index (χ2v) is 3.75. The van der Waals surface area contributed by atoms with Crippen LogP contribution >= 0.6 is 11.6 Å². The van der Waals surface area contributed by atoms with Crippen LogP contribution in [0.3, 0.4) is 0 Å². The van der Waals surface area contributed by atoms with Crippen molar-refractivity contribution < 1.29 is 4.79 Å². The van der Waals surface area contributed by atoms with Gasteiger partial charge in [0.05, 0.1) is 0 Å². The van der Waals surface area contributed by atoms with Crippen LogP contribution in [-0.2, 0) is 6.42 Å². The number of pyridine rings is 1. The van der Waals surface area contributed by atoms with E-state index in [1.807, 2.05) is 13.0 Å². The maximum atomic E-state index is 11.5. The number of aromatic nitrogens is 1. The van der Waals surface area contributed by atoms with Gasteiger partial charge in [0, 0.05) is 6.42 Å². The molecule has 0 amide bonds. The largest absolute Gasteiger partial charge is 0.292 e. The number of carbonyl (C=O) groups excluding carboxylic acids is 1. The summed E-state index contributed by atoms with van der Waals surface area (Å²) in [6, 6.07) is 1.82. The van der Waals surface area contributed by atoms with Crippen molar-refractivity contribution in [2.24, 2.45) is 0 Å². The maximum Gasteiger partial charge on any atom is 0.181 e. The number of hydrogen-bond acceptors (Lipinski definition) is 2. The molecule has 1 aliphatic carbocycles. The van der Waals surface area contributed by atoms with Crippen LogP contribution in [-0.4, -0.2) is 10.8 Å². The van der Waals surface area contributed by atoms with Gasteiger partial charge in [0.1, 0.15) is 10.8 Å². The molecule has 0 bridgehead atoms. The van der Waals surface area contributed by atoms with E-state index >= 15 is 0 Å². The van der Waals surface area contributed by atoms with Gasteiger partial charge in [0.15, 0.2) is 5.78 Å². The van der Waals surface area contributed by atoms with Crippen molar-refractivity contribution in [2.75, 3.05) is 0 Å². The van der Waals surface area contributed by atoms with Crippen molar-refractivity contribution in [3.63, 3.8) is 0 Å². The molecule has 2 rings (SSSR count). The van der Waals surface area contributed by atoms with Crippen LogP contribution in [0.25, 0.3) is 0 Å². The first-order valence-corrected chi connectivity index (χ1v) is 4.75. The summed E-state index contributed by atoms with van der Waals surface area (Å²) in [4.78, 5) is 15.5. The van der Waals surface area contributed by atoms with Gasteiger partial charge in [-0.2, -0.15) is 0 Å². The third-order valence-electron chi connectivity index (χ3n) is 2.41. The van der Waals surface area contributed by atoms with E-state index in [-0.39, 0.29) is 5.78 Å². The Hall–Kier alpha value is -0.890. The highest BCUT2D eigenvalue weighted by Gasteiger charge is 2.20. The summed E-state index contributed by atoms with van der Waals surface area (Å²) in [5, 5.41) is 0.423. The number of carbonyl (C=O) groups is 1. The molecule has 68 valence electrons. The molecule has 0 aliphatic heterocycles. The molecule has 1 heterocycles. The van der Waals surface area contributed by atoms with Gasteiger partial charge in [0.2, 0.25) is 0 Å². The van der Waals surface area contributed by atoms with Crippen molar-refractivity contribution in [3.05, 3.63) is 28.0 Å².